The molecule has 0 atom stereocenters. The molecule has 1 aliphatic rings. The third-order valence-corrected chi connectivity index (χ3v) is 2.66. The molecule has 3 rings (SSSR count). The van der Waals surface area contributed by atoms with E-state index in [4.69, 9.17) is 0 Å². The Kier molecular flexibility index (Phi) is 3.18. The van der Waals surface area contributed by atoms with E-state index in [1.54, 1.807) is 0 Å². The summed E-state index contributed by atoms with van der Waals surface area (Å²) >= 11 is 0. The summed E-state index contributed by atoms with van der Waals surface area (Å²) in [6.45, 7) is 0. The highest BCUT2D eigenvalue weighted by Crippen LogP contribution is 2.15. The second-order valence-corrected chi connectivity index (χ2v) is 3.76. The zero-order valence-electron chi connectivity index (χ0n) is 8.45. The molecule has 2 aromatic carbocycles. The van der Waals surface area contributed by atoms with E-state index in [9.17, 15) is 0 Å². The molecule has 0 radical (unpaired) electrons. The zero-order valence-corrected chi connectivity index (χ0v) is 8.45. The van der Waals surface area contributed by atoms with Crippen molar-refractivity contribution in [3.05, 3.63) is 48.5 Å². The fourth-order valence-corrected chi connectivity index (χ4v) is 1.38. The van der Waals surface area contributed by atoms with Crippen LogP contribution in [0.2, 0.25) is 0 Å². The van der Waals surface area contributed by atoms with E-state index in [0.717, 1.165) is 0 Å². The molecule has 0 amide bonds. The van der Waals surface area contributed by atoms with Gasteiger partial charge in [-0.1, -0.05) is 74.2 Å². The van der Waals surface area contributed by atoms with Crippen LogP contribution in [-0.2, 0) is 0 Å². The summed E-state index contributed by atoms with van der Waals surface area (Å²) in [7, 11) is 0. The summed E-state index contributed by atoms with van der Waals surface area (Å²) in [5, 5.41) is 2.62. The number of hydrogen-bond acceptors (Lipinski definition) is 0. The minimum atomic E-state index is 1.31. The molecule has 2 aromatic rings. The first-order valence-electron chi connectivity index (χ1n) is 5.40. The van der Waals surface area contributed by atoms with Crippen molar-refractivity contribution in [3.63, 3.8) is 0 Å². The molecule has 0 nitrogen and oxygen atoms in total. The Hall–Kier alpha value is -1.30. The van der Waals surface area contributed by atoms with Gasteiger partial charge in [-0.25, -0.2) is 0 Å². The maximum atomic E-state index is 2.12. The van der Waals surface area contributed by atoms with E-state index in [-0.39, 0.29) is 0 Å². The van der Waals surface area contributed by atoms with Crippen molar-refractivity contribution in [1.82, 2.24) is 0 Å². The van der Waals surface area contributed by atoms with Crippen LogP contribution in [-0.4, -0.2) is 0 Å². The molecule has 0 N–H and O–H groups in total. The lowest BCUT2D eigenvalue weighted by molar-refractivity contribution is 0.504. The molecular formula is C14H16. The first-order chi connectivity index (χ1) is 6.97. The van der Waals surface area contributed by atoms with Crippen molar-refractivity contribution in [3.8, 4) is 0 Å². The fraction of sp³-hybridized carbons (Fsp3) is 0.286. The third kappa shape index (κ3) is 2.35. The lowest BCUT2D eigenvalue weighted by atomic mass is 10.0. The molecule has 14 heavy (non-hydrogen) atoms. The molecule has 72 valence electrons. The van der Waals surface area contributed by atoms with Gasteiger partial charge in [-0.05, 0) is 10.8 Å². The molecule has 0 heteroatoms. The summed E-state index contributed by atoms with van der Waals surface area (Å²) in [5.41, 5.74) is 0. The van der Waals surface area contributed by atoms with Gasteiger partial charge in [-0.2, -0.15) is 0 Å². The van der Waals surface area contributed by atoms with Crippen molar-refractivity contribution >= 4 is 10.8 Å². The van der Waals surface area contributed by atoms with Gasteiger partial charge >= 0.3 is 0 Å². The van der Waals surface area contributed by atoms with E-state index in [1.165, 1.54) is 36.5 Å². The van der Waals surface area contributed by atoms with Gasteiger partial charge in [0.1, 0.15) is 0 Å². The molecule has 0 unspecified atom stereocenters. The van der Waals surface area contributed by atoms with Gasteiger partial charge in [0, 0.05) is 0 Å². The Morgan fingerprint density at radius 1 is 0.500 bits per heavy atom. The second-order valence-electron chi connectivity index (χ2n) is 3.76. The summed E-state index contributed by atoms with van der Waals surface area (Å²) < 4.78 is 0. The Morgan fingerprint density at radius 3 is 1.00 bits per heavy atom. The SMILES string of the molecule is C1CCC1.c1ccc2ccccc2c1. The van der Waals surface area contributed by atoms with Crippen LogP contribution in [0, 0.1) is 0 Å². The van der Waals surface area contributed by atoms with Gasteiger partial charge in [-0.3, -0.25) is 0 Å². The van der Waals surface area contributed by atoms with Crippen LogP contribution >= 0.6 is 0 Å². The van der Waals surface area contributed by atoms with Gasteiger partial charge in [0.15, 0.2) is 0 Å². The number of hydrogen-bond donors (Lipinski definition) is 0. The van der Waals surface area contributed by atoms with Gasteiger partial charge in [-0.15, -0.1) is 0 Å². The van der Waals surface area contributed by atoms with Gasteiger partial charge in [0.25, 0.3) is 0 Å². The van der Waals surface area contributed by atoms with Crippen LogP contribution < -0.4 is 0 Å². The van der Waals surface area contributed by atoms with E-state index in [2.05, 4.69) is 48.5 Å². The average molecular weight is 184 g/mol. The predicted molar refractivity (Wildman–Crippen MR) is 62.4 cm³/mol. The normalized spacial score (nSPS) is 14.0. The fourth-order valence-electron chi connectivity index (χ4n) is 1.38. The molecule has 0 saturated heterocycles. The minimum absolute atomic E-state index is 1.31. The smallest absolute Gasteiger partial charge is 0.0184 e. The lowest BCUT2D eigenvalue weighted by Crippen LogP contribution is -1.85. The van der Waals surface area contributed by atoms with Crippen LogP contribution in [0.3, 0.4) is 0 Å². The summed E-state index contributed by atoms with van der Waals surface area (Å²) in [6, 6.07) is 16.7. The predicted octanol–water partition coefficient (Wildman–Crippen LogP) is 4.40. The van der Waals surface area contributed by atoms with Crippen LogP contribution in [0.15, 0.2) is 48.5 Å². The zero-order chi connectivity index (χ0) is 9.64. The van der Waals surface area contributed by atoms with Gasteiger partial charge in [0.2, 0.25) is 0 Å². The Morgan fingerprint density at radius 2 is 0.786 bits per heavy atom. The van der Waals surface area contributed by atoms with Crippen LogP contribution in [0.5, 0.6) is 0 Å². The highest BCUT2D eigenvalue weighted by molar-refractivity contribution is 5.81. The molecule has 1 fully saturated rings. The van der Waals surface area contributed by atoms with E-state index >= 15 is 0 Å². The van der Waals surface area contributed by atoms with Crippen molar-refractivity contribution in [1.29, 1.82) is 0 Å². The van der Waals surface area contributed by atoms with Crippen molar-refractivity contribution in [2.45, 2.75) is 25.7 Å². The topological polar surface area (TPSA) is 0 Å². The standard InChI is InChI=1S/C10H8.C4H8/c1-2-6-10-8-4-3-7-9(10)5-1;1-2-4-3-1/h1-8H;1-4H2. The summed E-state index contributed by atoms with van der Waals surface area (Å²) in [4.78, 5) is 0. The Bertz CT molecular complexity index is 316. The highest BCUT2D eigenvalue weighted by Gasteiger charge is 1.95. The average Bonchev–Trinajstić information content (AvgIpc) is 2.16. The quantitative estimate of drug-likeness (QED) is 0.569. The van der Waals surface area contributed by atoms with Gasteiger partial charge < -0.3 is 0 Å². The molecule has 0 heterocycles. The monoisotopic (exact) mass is 184 g/mol. The Labute approximate surface area is 85.6 Å². The molecular weight excluding hydrogens is 168 g/mol. The molecule has 1 aliphatic carbocycles. The first kappa shape index (κ1) is 9.26. The van der Waals surface area contributed by atoms with Crippen LogP contribution in [0.1, 0.15) is 25.7 Å². The van der Waals surface area contributed by atoms with Crippen LogP contribution in [0.25, 0.3) is 10.8 Å². The maximum absolute atomic E-state index is 2.12. The van der Waals surface area contributed by atoms with Crippen molar-refractivity contribution in [2.75, 3.05) is 0 Å². The molecule has 0 spiro atoms. The number of fused-ring (bicyclic) bond motifs is 1. The molecule has 0 bridgehead atoms. The van der Waals surface area contributed by atoms with E-state index < -0.39 is 0 Å². The van der Waals surface area contributed by atoms with E-state index in [0.29, 0.717) is 0 Å². The first-order valence-corrected chi connectivity index (χ1v) is 5.40. The number of rotatable bonds is 0. The third-order valence-electron chi connectivity index (χ3n) is 2.66. The summed E-state index contributed by atoms with van der Waals surface area (Å²) in [5.74, 6) is 0. The minimum Gasteiger partial charge on any atom is -0.0616 e. The molecule has 1 saturated carbocycles. The molecule has 0 aliphatic heterocycles. The number of benzene rings is 2. The van der Waals surface area contributed by atoms with Crippen molar-refractivity contribution in [2.24, 2.45) is 0 Å². The molecule has 0 aromatic heterocycles. The maximum Gasteiger partial charge on any atom is -0.0184 e. The van der Waals surface area contributed by atoms with E-state index in [1.807, 2.05) is 0 Å². The highest BCUT2D eigenvalue weighted by atomic mass is 14.0. The second kappa shape index (κ2) is 4.80. The van der Waals surface area contributed by atoms with Gasteiger partial charge in [0.05, 0.1) is 0 Å². The largest absolute Gasteiger partial charge is 0.0616 e. The lowest BCUT2D eigenvalue weighted by Gasteiger charge is -2.05. The van der Waals surface area contributed by atoms with Crippen molar-refractivity contribution < 1.29 is 0 Å². The Balaban J connectivity index is 0.000000157. The summed E-state index contributed by atoms with van der Waals surface area (Å²) in [6.07, 6.45) is 6.00. The van der Waals surface area contributed by atoms with Crippen LogP contribution in [0.4, 0.5) is 0 Å².